The number of hydrogen-bond acceptors (Lipinski definition) is 3. The van der Waals surface area contributed by atoms with Crippen LogP contribution in [0.15, 0.2) is 0 Å². The normalized spacial score (nSPS) is 20.9. The molecule has 92 valence electrons. The smallest absolute Gasteiger partial charge is 0.298 e. The van der Waals surface area contributed by atoms with Gasteiger partial charge in [0.2, 0.25) is 0 Å². The van der Waals surface area contributed by atoms with Gasteiger partial charge in [-0.3, -0.25) is 9.59 Å². The van der Waals surface area contributed by atoms with Crippen LogP contribution in [0.1, 0.15) is 0 Å². The maximum absolute atomic E-state index is 11.6. The van der Waals surface area contributed by atoms with Crippen LogP contribution in [-0.4, -0.2) is 23.1 Å². The van der Waals surface area contributed by atoms with Crippen molar-refractivity contribution >= 4 is 23.3 Å². The fraction of sp³-hybridized carbons (Fsp3) is 0.143. The molecule has 10 radical (unpaired) electrons. The minimum absolute atomic E-state index is 0. The summed E-state index contributed by atoms with van der Waals surface area (Å²) in [6.07, 6.45) is 14.5. The van der Waals surface area contributed by atoms with Crippen molar-refractivity contribution in [2.24, 2.45) is 0 Å². The van der Waals surface area contributed by atoms with E-state index in [4.69, 9.17) is 0 Å². The van der Waals surface area contributed by atoms with Crippen LogP contribution in [0.4, 0.5) is 0 Å². The topological polar surface area (TPSA) is 34.1 Å². The second kappa shape index (κ2) is 8.39. The fourth-order valence-corrected chi connectivity index (χ4v) is 2.33. The molecule has 0 heterocycles. The third-order valence-electron chi connectivity index (χ3n) is 2.44. The van der Waals surface area contributed by atoms with E-state index in [-0.39, 0.29) is 28.6 Å². The van der Waals surface area contributed by atoms with E-state index in [9.17, 15) is 9.59 Å². The van der Waals surface area contributed by atoms with E-state index in [0.29, 0.717) is 11.5 Å². The summed E-state index contributed by atoms with van der Waals surface area (Å²) in [4.78, 5) is 23.3. The minimum atomic E-state index is 0. The maximum Gasteiger partial charge on any atom is 2.00 e. The molecule has 2 aliphatic rings. The summed E-state index contributed by atoms with van der Waals surface area (Å²) >= 11 is 1.37. The van der Waals surface area contributed by atoms with Gasteiger partial charge in [-0.05, 0) is 51.4 Å². The number of carbonyl (C=O) groups is 2. The molecule has 0 unspecified atom stereocenters. The minimum Gasteiger partial charge on any atom is -0.298 e. The molecule has 4 heteroatoms. The van der Waals surface area contributed by atoms with Crippen LogP contribution in [0, 0.1) is 63.2 Å². The largest absolute Gasteiger partial charge is 2.00 e. The van der Waals surface area contributed by atoms with E-state index in [0.717, 1.165) is 11.8 Å². The van der Waals surface area contributed by atoms with Crippen LogP contribution >= 0.6 is 11.8 Å². The second-order valence-corrected chi connectivity index (χ2v) is 4.67. The molecule has 0 bridgehead atoms. The molecule has 0 aromatic carbocycles. The van der Waals surface area contributed by atoms with E-state index in [1.54, 1.807) is 25.7 Å². The van der Waals surface area contributed by atoms with Gasteiger partial charge in [-0.15, -0.1) is 11.8 Å². The van der Waals surface area contributed by atoms with Crippen molar-refractivity contribution in [1.29, 1.82) is 0 Å². The van der Waals surface area contributed by atoms with Gasteiger partial charge in [0.05, 0.1) is 11.5 Å². The molecule has 2 aliphatic carbocycles. The molecule has 2 rings (SSSR count). The summed E-state index contributed by atoms with van der Waals surface area (Å²) in [5, 5.41) is 0. The average molecular weight is 300 g/mol. The number of thioether (sulfide) groups is 1. The van der Waals surface area contributed by atoms with Crippen molar-refractivity contribution in [3.05, 3.63) is 63.2 Å². The molecule has 2 nitrogen and oxygen atoms in total. The summed E-state index contributed by atoms with van der Waals surface area (Å²) in [6.45, 7) is 0. The van der Waals surface area contributed by atoms with Gasteiger partial charge in [-0.25, -0.2) is 0 Å². The van der Waals surface area contributed by atoms with Gasteiger partial charge in [-0.2, -0.15) is 0 Å². The van der Waals surface area contributed by atoms with Crippen LogP contribution < -0.4 is 0 Å². The van der Waals surface area contributed by atoms with Gasteiger partial charge in [-0.1, -0.05) is 0 Å². The van der Waals surface area contributed by atoms with Crippen molar-refractivity contribution in [3.63, 3.8) is 0 Å². The molecule has 18 heavy (non-hydrogen) atoms. The Morgan fingerprint density at radius 1 is 0.778 bits per heavy atom. The third-order valence-corrected chi connectivity index (χ3v) is 3.37. The third kappa shape index (κ3) is 4.71. The van der Waals surface area contributed by atoms with Crippen LogP contribution in [0.3, 0.4) is 0 Å². The van der Waals surface area contributed by atoms with Crippen LogP contribution in [0.25, 0.3) is 0 Å². The molecular formula is C14H12FeO2S+2. The van der Waals surface area contributed by atoms with Crippen molar-refractivity contribution in [1.82, 2.24) is 0 Å². The molecule has 0 spiro atoms. The summed E-state index contributed by atoms with van der Waals surface area (Å²) in [5.41, 5.74) is 0. The predicted octanol–water partition coefficient (Wildman–Crippen LogP) is 1.67. The van der Waals surface area contributed by atoms with Crippen molar-refractivity contribution in [2.45, 2.75) is 0 Å². The van der Waals surface area contributed by atoms with Gasteiger partial charge < -0.3 is 0 Å². The zero-order chi connectivity index (χ0) is 12.1. The van der Waals surface area contributed by atoms with Crippen molar-refractivity contribution in [3.8, 4) is 0 Å². The van der Waals surface area contributed by atoms with Crippen LogP contribution in [0.2, 0.25) is 0 Å². The number of hydrogen-bond donors (Lipinski definition) is 0. The van der Waals surface area contributed by atoms with E-state index < -0.39 is 0 Å². The first kappa shape index (κ1) is 16.3. The first-order valence-electron chi connectivity index (χ1n) is 5.35. The van der Waals surface area contributed by atoms with E-state index in [1.807, 2.05) is 25.7 Å². The van der Waals surface area contributed by atoms with Crippen molar-refractivity contribution in [2.75, 3.05) is 11.5 Å². The Morgan fingerprint density at radius 2 is 1.11 bits per heavy atom. The molecule has 0 aromatic heterocycles. The van der Waals surface area contributed by atoms with Gasteiger partial charge in [0, 0.05) is 11.8 Å². The van der Waals surface area contributed by atoms with Gasteiger partial charge >= 0.3 is 17.1 Å². The fourth-order valence-electron chi connectivity index (χ4n) is 1.52. The summed E-state index contributed by atoms with van der Waals surface area (Å²) in [7, 11) is 0. The Balaban J connectivity index is 0.00000162. The maximum atomic E-state index is 11.6. The van der Waals surface area contributed by atoms with Crippen LogP contribution in [0.5, 0.6) is 0 Å². The standard InChI is InChI=1S/C14H12O2S.Fe/c15-13(11-5-1-2-6-11)9-17-10-14(16)12-7-3-4-8-12;/h1-8H,9-10H2;/q;+2. The molecule has 0 saturated heterocycles. The molecule has 0 aliphatic heterocycles. The van der Waals surface area contributed by atoms with Gasteiger partial charge in [0.1, 0.15) is 0 Å². The predicted molar refractivity (Wildman–Crippen MR) is 68.2 cm³/mol. The average Bonchev–Trinajstić information content (AvgIpc) is 3.02. The van der Waals surface area contributed by atoms with Crippen molar-refractivity contribution < 1.29 is 26.7 Å². The SMILES string of the molecule is O=C(CSCC(=O)[C]1[CH][CH][CH][CH]1)[C]1[CH][CH][CH][CH]1.[Fe+2]. The summed E-state index contributed by atoms with van der Waals surface area (Å²) < 4.78 is 0. The summed E-state index contributed by atoms with van der Waals surface area (Å²) in [5.74, 6) is 2.31. The van der Waals surface area contributed by atoms with Gasteiger partial charge in [0.25, 0.3) is 0 Å². The van der Waals surface area contributed by atoms with Crippen LogP contribution in [-0.2, 0) is 26.7 Å². The Kier molecular flexibility index (Phi) is 7.58. The molecular weight excluding hydrogens is 288 g/mol. The molecule has 0 N–H and O–H groups in total. The first-order valence-corrected chi connectivity index (χ1v) is 6.50. The number of Topliss-reactive ketones (excluding diaryl/α,β-unsaturated/α-hetero) is 2. The van der Waals surface area contributed by atoms with Gasteiger partial charge in [0.15, 0.2) is 11.6 Å². The number of carbonyl (C=O) groups excluding carboxylic acids is 2. The van der Waals surface area contributed by atoms with E-state index in [1.165, 1.54) is 11.8 Å². The number of ketones is 2. The summed E-state index contributed by atoms with van der Waals surface area (Å²) in [6, 6.07) is 0. The Labute approximate surface area is 125 Å². The zero-order valence-corrected chi connectivity index (χ0v) is 11.5. The quantitative estimate of drug-likeness (QED) is 0.700. The van der Waals surface area contributed by atoms with E-state index in [2.05, 4.69) is 0 Å². The van der Waals surface area contributed by atoms with E-state index >= 15 is 0 Å². The first-order chi connectivity index (χ1) is 8.27. The number of rotatable bonds is 6. The molecule has 2 fully saturated rings. The monoisotopic (exact) mass is 300 g/mol. The Bertz CT molecular complexity index is 254. The molecule has 0 amide bonds. The Morgan fingerprint density at radius 3 is 1.44 bits per heavy atom. The molecule has 0 atom stereocenters. The Hall–Kier alpha value is 0.209. The zero-order valence-electron chi connectivity index (χ0n) is 9.61. The molecule has 0 aromatic rings. The second-order valence-electron chi connectivity index (χ2n) is 3.69. The molecule has 2 saturated carbocycles.